The quantitative estimate of drug-likeness (QED) is 0.785. The van der Waals surface area contributed by atoms with E-state index in [2.05, 4.69) is 10.7 Å². The molecule has 0 spiro atoms. The molecule has 26 heavy (non-hydrogen) atoms. The number of nitrogens with one attached hydrogen (secondary N) is 2. The number of hydrazine groups is 1. The normalized spacial score (nSPS) is 19.3. The minimum Gasteiger partial charge on any atom is -0.464 e. The summed E-state index contributed by atoms with van der Waals surface area (Å²) in [5.41, 5.74) is 3.45. The summed E-state index contributed by atoms with van der Waals surface area (Å²) < 4.78 is 10.3. The van der Waals surface area contributed by atoms with E-state index in [0.717, 1.165) is 11.3 Å². The Bertz CT molecular complexity index is 696. The summed E-state index contributed by atoms with van der Waals surface area (Å²) in [6.45, 7) is 9.66. The van der Waals surface area contributed by atoms with Crippen LogP contribution in [0.3, 0.4) is 0 Å². The fourth-order valence-corrected chi connectivity index (χ4v) is 2.40. The van der Waals surface area contributed by atoms with Crippen LogP contribution in [0.2, 0.25) is 0 Å². The highest BCUT2D eigenvalue weighted by molar-refractivity contribution is 5.84. The van der Waals surface area contributed by atoms with Crippen LogP contribution in [0.15, 0.2) is 36.5 Å². The smallest absolute Gasteiger partial charge is 0.407 e. The number of esters is 1. The van der Waals surface area contributed by atoms with Gasteiger partial charge in [-0.3, -0.25) is 5.01 Å². The molecule has 0 bridgehead atoms. The first-order valence-electron chi connectivity index (χ1n) is 8.62. The number of hydrogen-bond donors (Lipinski definition) is 2. The first-order chi connectivity index (χ1) is 12.1. The van der Waals surface area contributed by atoms with Crippen LogP contribution in [0.1, 0.15) is 40.2 Å². The van der Waals surface area contributed by atoms with Crippen molar-refractivity contribution >= 4 is 17.7 Å². The van der Waals surface area contributed by atoms with Gasteiger partial charge in [0, 0.05) is 12.7 Å². The number of carbonyl (C=O) groups is 2. The molecule has 2 N–H and O–H groups in total. The molecule has 0 saturated carbocycles. The Hall–Kier alpha value is -2.54. The van der Waals surface area contributed by atoms with Gasteiger partial charge >= 0.3 is 12.1 Å². The Labute approximate surface area is 154 Å². The second-order valence-corrected chi connectivity index (χ2v) is 7.25. The molecule has 1 amide bonds. The van der Waals surface area contributed by atoms with E-state index in [9.17, 15) is 9.59 Å². The molecule has 1 unspecified atom stereocenters. The van der Waals surface area contributed by atoms with Crippen LogP contribution in [-0.4, -0.2) is 29.8 Å². The molecule has 1 aromatic rings. The van der Waals surface area contributed by atoms with E-state index < -0.39 is 17.2 Å². The molecular weight excluding hydrogens is 334 g/mol. The largest absolute Gasteiger partial charge is 0.464 e. The van der Waals surface area contributed by atoms with E-state index >= 15 is 0 Å². The van der Waals surface area contributed by atoms with E-state index in [1.807, 2.05) is 45.0 Å². The number of alkyl carbamates (subject to hydrolysis) is 1. The van der Waals surface area contributed by atoms with Crippen molar-refractivity contribution in [3.05, 3.63) is 42.1 Å². The van der Waals surface area contributed by atoms with Crippen molar-refractivity contribution in [2.45, 2.75) is 52.3 Å². The Morgan fingerprint density at radius 2 is 2.04 bits per heavy atom. The SMILES string of the molecule is CCOC(=O)C1(C)C=CN(c2cccc(CNC(=O)OC(C)(C)C)c2)N1. The van der Waals surface area contributed by atoms with Crippen molar-refractivity contribution in [1.29, 1.82) is 0 Å². The highest BCUT2D eigenvalue weighted by Gasteiger charge is 2.37. The van der Waals surface area contributed by atoms with Crippen LogP contribution >= 0.6 is 0 Å². The molecular formula is C19H27N3O4. The molecule has 0 radical (unpaired) electrons. The fraction of sp³-hybridized carbons (Fsp3) is 0.474. The number of rotatable bonds is 5. The molecule has 1 aliphatic heterocycles. The molecule has 0 aromatic heterocycles. The third-order valence-corrected chi connectivity index (χ3v) is 3.63. The van der Waals surface area contributed by atoms with Gasteiger partial charge in [-0.25, -0.2) is 15.0 Å². The lowest BCUT2D eigenvalue weighted by Crippen LogP contribution is -2.51. The molecule has 1 heterocycles. The Balaban J connectivity index is 1.99. The molecule has 1 atom stereocenters. The predicted octanol–water partition coefficient (Wildman–Crippen LogP) is 2.87. The summed E-state index contributed by atoms with van der Waals surface area (Å²) in [4.78, 5) is 23.9. The molecule has 2 rings (SSSR count). The van der Waals surface area contributed by atoms with Crippen LogP contribution in [0.4, 0.5) is 10.5 Å². The van der Waals surface area contributed by atoms with Gasteiger partial charge in [-0.2, -0.15) is 0 Å². The van der Waals surface area contributed by atoms with Crippen LogP contribution in [-0.2, 0) is 20.8 Å². The summed E-state index contributed by atoms with van der Waals surface area (Å²) in [6.07, 6.45) is 3.09. The van der Waals surface area contributed by atoms with Crippen molar-refractivity contribution in [3.63, 3.8) is 0 Å². The second-order valence-electron chi connectivity index (χ2n) is 7.25. The third kappa shape index (κ3) is 5.23. The number of anilines is 1. The molecule has 0 aliphatic carbocycles. The zero-order valence-corrected chi connectivity index (χ0v) is 16.0. The number of benzene rings is 1. The Morgan fingerprint density at radius 3 is 2.69 bits per heavy atom. The summed E-state index contributed by atoms with van der Waals surface area (Å²) in [5, 5.41) is 4.49. The maximum absolute atomic E-state index is 12.1. The van der Waals surface area contributed by atoms with E-state index in [1.165, 1.54) is 0 Å². The lowest BCUT2D eigenvalue weighted by molar-refractivity contribution is -0.148. The lowest BCUT2D eigenvalue weighted by atomic mass is 10.1. The van der Waals surface area contributed by atoms with Crippen molar-refractivity contribution < 1.29 is 19.1 Å². The van der Waals surface area contributed by atoms with Gasteiger partial charge in [0.05, 0.1) is 12.3 Å². The van der Waals surface area contributed by atoms with Crippen molar-refractivity contribution in [2.24, 2.45) is 0 Å². The Kier molecular flexibility index (Phi) is 5.92. The molecule has 7 heteroatoms. The summed E-state index contributed by atoms with van der Waals surface area (Å²) >= 11 is 0. The van der Waals surface area contributed by atoms with Crippen LogP contribution in [0.5, 0.6) is 0 Å². The summed E-state index contributed by atoms with van der Waals surface area (Å²) in [7, 11) is 0. The van der Waals surface area contributed by atoms with Gasteiger partial charge < -0.3 is 14.8 Å². The number of hydrogen-bond acceptors (Lipinski definition) is 6. The average Bonchev–Trinajstić information content (AvgIpc) is 2.96. The van der Waals surface area contributed by atoms with E-state index in [0.29, 0.717) is 13.2 Å². The minimum absolute atomic E-state index is 0.329. The minimum atomic E-state index is -0.902. The zero-order valence-electron chi connectivity index (χ0n) is 16.0. The molecule has 1 aliphatic rings. The van der Waals surface area contributed by atoms with E-state index in [-0.39, 0.29) is 5.97 Å². The standard InChI is InChI=1S/C19H27N3O4/c1-6-25-16(23)19(5)10-11-22(21-19)15-9-7-8-14(12-15)13-20-17(24)26-18(2,3)4/h7-12,21H,6,13H2,1-5H3,(H,20,24). The highest BCUT2D eigenvalue weighted by Crippen LogP contribution is 2.23. The van der Waals surface area contributed by atoms with Gasteiger partial charge in [-0.1, -0.05) is 12.1 Å². The van der Waals surface area contributed by atoms with Gasteiger partial charge in [0.1, 0.15) is 5.60 Å². The van der Waals surface area contributed by atoms with Crippen LogP contribution in [0.25, 0.3) is 0 Å². The third-order valence-electron chi connectivity index (χ3n) is 3.63. The van der Waals surface area contributed by atoms with E-state index in [1.54, 1.807) is 31.1 Å². The molecule has 0 saturated heterocycles. The van der Waals surface area contributed by atoms with Crippen molar-refractivity contribution in [2.75, 3.05) is 11.6 Å². The van der Waals surface area contributed by atoms with Crippen LogP contribution < -0.4 is 15.8 Å². The van der Waals surface area contributed by atoms with Gasteiger partial charge in [0.25, 0.3) is 0 Å². The highest BCUT2D eigenvalue weighted by atomic mass is 16.6. The van der Waals surface area contributed by atoms with Gasteiger partial charge in [-0.15, -0.1) is 0 Å². The second kappa shape index (κ2) is 7.78. The first-order valence-corrected chi connectivity index (χ1v) is 8.62. The first kappa shape index (κ1) is 19.8. The molecule has 7 nitrogen and oxygen atoms in total. The van der Waals surface area contributed by atoms with Crippen molar-refractivity contribution in [3.8, 4) is 0 Å². The summed E-state index contributed by atoms with van der Waals surface area (Å²) in [5.74, 6) is -0.332. The molecule has 0 fully saturated rings. The summed E-state index contributed by atoms with van der Waals surface area (Å²) in [6, 6.07) is 7.62. The van der Waals surface area contributed by atoms with Gasteiger partial charge in [0.2, 0.25) is 0 Å². The number of nitrogens with zero attached hydrogens (tertiary/aromatic N) is 1. The Morgan fingerprint density at radius 1 is 1.31 bits per heavy atom. The molecule has 142 valence electrons. The van der Waals surface area contributed by atoms with Crippen LogP contribution in [0, 0.1) is 0 Å². The average molecular weight is 361 g/mol. The maximum atomic E-state index is 12.1. The zero-order chi connectivity index (χ0) is 19.4. The van der Waals surface area contributed by atoms with Crippen molar-refractivity contribution in [1.82, 2.24) is 10.7 Å². The lowest BCUT2D eigenvalue weighted by Gasteiger charge is -2.26. The fourth-order valence-electron chi connectivity index (χ4n) is 2.40. The topological polar surface area (TPSA) is 79.9 Å². The number of ether oxygens (including phenoxy) is 2. The van der Waals surface area contributed by atoms with E-state index in [4.69, 9.17) is 9.47 Å². The number of amides is 1. The maximum Gasteiger partial charge on any atom is 0.407 e. The number of carbonyl (C=O) groups excluding carboxylic acids is 2. The van der Waals surface area contributed by atoms with Gasteiger partial charge in [-0.05, 0) is 58.4 Å². The predicted molar refractivity (Wildman–Crippen MR) is 99.3 cm³/mol. The monoisotopic (exact) mass is 361 g/mol. The molecule has 1 aromatic carbocycles. The van der Waals surface area contributed by atoms with Gasteiger partial charge in [0.15, 0.2) is 5.54 Å².